The zero-order valence-corrected chi connectivity index (χ0v) is 16.2. The van der Waals surface area contributed by atoms with E-state index in [1.54, 1.807) is 0 Å². The quantitative estimate of drug-likeness (QED) is 0.829. The van der Waals surface area contributed by atoms with Crippen molar-refractivity contribution in [1.82, 2.24) is 10.2 Å². The average molecular weight is 354 g/mol. The third-order valence-corrected chi connectivity index (χ3v) is 4.45. The van der Waals surface area contributed by atoms with Gasteiger partial charge in [-0.05, 0) is 43.0 Å². The Kier molecular flexibility index (Phi) is 8.16. The Morgan fingerprint density at radius 2 is 1.73 bits per heavy atom. The van der Waals surface area contributed by atoms with Gasteiger partial charge in [0.05, 0.1) is 0 Å². The molecular formula is C22H31N3O. The van der Waals surface area contributed by atoms with Crippen molar-refractivity contribution in [3.05, 3.63) is 65.7 Å². The summed E-state index contributed by atoms with van der Waals surface area (Å²) in [5, 5.41) is 6.01. The summed E-state index contributed by atoms with van der Waals surface area (Å²) in [6.45, 7) is 9.04. The molecule has 2 N–H and O–H groups in total. The number of nitrogens with one attached hydrogen (secondary N) is 2. The van der Waals surface area contributed by atoms with E-state index in [2.05, 4.69) is 39.8 Å². The fraction of sp³-hybridized carbons (Fsp3) is 0.409. The fourth-order valence-electron chi connectivity index (χ4n) is 3.15. The summed E-state index contributed by atoms with van der Waals surface area (Å²) < 4.78 is 0. The van der Waals surface area contributed by atoms with Crippen molar-refractivity contribution in [1.29, 1.82) is 0 Å². The van der Waals surface area contributed by atoms with E-state index in [1.807, 2.05) is 51.1 Å². The van der Waals surface area contributed by atoms with Gasteiger partial charge in [-0.25, -0.2) is 4.79 Å². The average Bonchev–Trinajstić information content (AvgIpc) is 2.66. The molecule has 0 spiro atoms. The zero-order valence-electron chi connectivity index (χ0n) is 16.2. The first-order valence-corrected chi connectivity index (χ1v) is 9.59. The highest BCUT2D eigenvalue weighted by molar-refractivity contribution is 5.89. The SMILES string of the molecule is CC.Cc1cccc(NC(=O)NC2CCN(Cc3ccccc3)CC2)c1. The number of urea groups is 1. The first-order chi connectivity index (χ1) is 12.7. The summed E-state index contributed by atoms with van der Waals surface area (Å²) >= 11 is 0. The summed E-state index contributed by atoms with van der Waals surface area (Å²) in [7, 11) is 0. The molecule has 4 heteroatoms. The number of carbonyl (C=O) groups is 1. The van der Waals surface area contributed by atoms with Crippen LogP contribution in [0.5, 0.6) is 0 Å². The second-order valence-corrected chi connectivity index (χ2v) is 6.50. The van der Waals surface area contributed by atoms with E-state index in [9.17, 15) is 4.79 Å². The van der Waals surface area contributed by atoms with Crippen LogP contribution in [0.3, 0.4) is 0 Å². The zero-order chi connectivity index (χ0) is 18.8. The number of hydrogen-bond donors (Lipinski definition) is 2. The molecule has 2 amide bonds. The lowest BCUT2D eigenvalue weighted by Crippen LogP contribution is -2.45. The molecule has 1 aliphatic heterocycles. The minimum absolute atomic E-state index is 0.109. The minimum Gasteiger partial charge on any atom is -0.335 e. The van der Waals surface area contributed by atoms with E-state index >= 15 is 0 Å². The van der Waals surface area contributed by atoms with Crippen LogP contribution in [0.4, 0.5) is 10.5 Å². The minimum atomic E-state index is -0.109. The highest BCUT2D eigenvalue weighted by Crippen LogP contribution is 2.14. The van der Waals surface area contributed by atoms with Gasteiger partial charge >= 0.3 is 6.03 Å². The van der Waals surface area contributed by atoms with Crippen LogP contribution in [0, 0.1) is 6.92 Å². The molecule has 0 aromatic heterocycles. The largest absolute Gasteiger partial charge is 0.335 e. The number of carbonyl (C=O) groups excluding carboxylic acids is 1. The number of nitrogens with zero attached hydrogens (tertiary/aromatic N) is 1. The fourth-order valence-corrected chi connectivity index (χ4v) is 3.15. The molecule has 140 valence electrons. The normalized spacial score (nSPS) is 14.9. The first kappa shape index (κ1) is 20.0. The lowest BCUT2D eigenvalue weighted by Gasteiger charge is -2.32. The lowest BCUT2D eigenvalue weighted by atomic mass is 10.0. The molecule has 0 saturated carbocycles. The Bertz CT molecular complexity index is 664. The van der Waals surface area contributed by atoms with Crippen LogP contribution in [-0.4, -0.2) is 30.1 Å². The predicted molar refractivity (Wildman–Crippen MR) is 109 cm³/mol. The maximum atomic E-state index is 12.1. The van der Waals surface area contributed by atoms with E-state index < -0.39 is 0 Å². The molecule has 0 atom stereocenters. The van der Waals surface area contributed by atoms with Crippen LogP contribution in [0.25, 0.3) is 0 Å². The number of hydrogen-bond acceptors (Lipinski definition) is 2. The van der Waals surface area contributed by atoms with Crippen molar-refractivity contribution >= 4 is 11.7 Å². The van der Waals surface area contributed by atoms with Crippen molar-refractivity contribution < 1.29 is 4.79 Å². The molecular weight excluding hydrogens is 322 g/mol. The molecule has 1 saturated heterocycles. The first-order valence-electron chi connectivity index (χ1n) is 9.59. The molecule has 2 aromatic carbocycles. The molecule has 0 bridgehead atoms. The highest BCUT2D eigenvalue weighted by Gasteiger charge is 2.20. The van der Waals surface area contributed by atoms with Crippen molar-refractivity contribution in [2.24, 2.45) is 0 Å². The third kappa shape index (κ3) is 6.52. The second-order valence-electron chi connectivity index (χ2n) is 6.50. The monoisotopic (exact) mass is 353 g/mol. The number of likely N-dealkylation sites (tertiary alicyclic amines) is 1. The van der Waals surface area contributed by atoms with Gasteiger partial charge in [0.2, 0.25) is 0 Å². The summed E-state index contributed by atoms with van der Waals surface area (Å²) in [5.74, 6) is 0. The molecule has 0 radical (unpaired) electrons. The van der Waals surface area contributed by atoms with Gasteiger partial charge in [0.15, 0.2) is 0 Å². The number of amides is 2. The topological polar surface area (TPSA) is 44.4 Å². The van der Waals surface area contributed by atoms with Gasteiger partial charge in [0, 0.05) is 31.4 Å². The Hall–Kier alpha value is -2.33. The predicted octanol–water partition coefficient (Wildman–Crippen LogP) is 4.81. The Balaban J connectivity index is 0.00000117. The van der Waals surface area contributed by atoms with Gasteiger partial charge < -0.3 is 10.6 Å². The number of anilines is 1. The van der Waals surface area contributed by atoms with E-state index in [4.69, 9.17) is 0 Å². The third-order valence-electron chi connectivity index (χ3n) is 4.45. The van der Waals surface area contributed by atoms with Gasteiger partial charge in [0.1, 0.15) is 0 Å². The number of piperidine rings is 1. The van der Waals surface area contributed by atoms with E-state index in [0.29, 0.717) is 0 Å². The van der Waals surface area contributed by atoms with E-state index in [-0.39, 0.29) is 12.1 Å². The van der Waals surface area contributed by atoms with Crippen molar-refractivity contribution in [2.75, 3.05) is 18.4 Å². The number of aryl methyl sites for hydroxylation is 1. The lowest BCUT2D eigenvalue weighted by molar-refractivity contribution is 0.190. The maximum absolute atomic E-state index is 12.1. The van der Waals surface area contributed by atoms with Crippen molar-refractivity contribution in [2.45, 2.75) is 46.2 Å². The molecule has 26 heavy (non-hydrogen) atoms. The Morgan fingerprint density at radius 1 is 1.04 bits per heavy atom. The van der Waals surface area contributed by atoms with E-state index in [1.165, 1.54) is 5.56 Å². The molecule has 0 aliphatic carbocycles. The van der Waals surface area contributed by atoms with Crippen LogP contribution in [-0.2, 0) is 6.54 Å². The Labute approximate surface area is 157 Å². The summed E-state index contributed by atoms with van der Waals surface area (Å²) in [5.41, 5.74) is 3.33. The summed E-state index contributed by atoms with van der Waals surface area (Å²) in [6.07, 6.45) is 1.99. The van der Waals surface area contributed by atoms with Crippen LogP contribution in [0.15, 0.2) is 54.6 Å². The maximum Gasteiger partial charge on any atom is 0.319 e. The Morgan fingerprint density at radius 3 is 2.38 bits per heavy atom. The molecule has 3 rings (SSSR count). The molecule has 0 unspecified atom stereocenters. The van der Waals surface area contributed by atoms with Crippen molar-refractivity contribution in [3.8, 4) is 0 Å². The van der Waals surface area contributed by atoms with Crippen LogP contribution >= 0.6 is 0 Å². The molecule has 1 fully saturated rings. The number of benzene rings is 2. The van der Waals surface area contributed by atoms with Gasteiger partial charge in [-0.2, -0.15) is 0 Å². The van der Waals surface area contributed by atoms with Gasteiger partial charge in [-0.15, -0.1) is 0 Å². The highest BCUT2D eigenvalue weighted by atomic mass is 16.2. The molecule has 4 nitrogen and oxygen atoms in total. The van der Waals surface area contributed by atoms with Crippen molar-refractivity contribution in [3.63, 3.8) is 0 Å². The van der Waals surface area contributed by atoms with Crippen LogP contribution in [0.2, 0.25) is 0 Å². The molecule has 2 aromatic rings. The molecule has 1 aliphatic rings. The molecule has 1 heterocycles. The standard InChI is InChI=1S/C20H25N3O.C2H6/c1-16-6-5-9-19(14-16)22-20(24)21-18-10-12-23(13-11-18)15-17-7-3-2-4-8-17;1-2/h2-9,14,18H,10-13,15H2,1H3,(H2,21,22,24);1-2H3. The van der Waals surface area contributed by atoms with Gasteiger partial charge in [0.25, 0.3) is 0 Å². The number of rotatable bonds is 4. The second kappa shape index (κ2) is 10.6. The van der Waals surface area contributed by atoms with Crippen LogP contribution < -0.4 is 10.6 Å². The smallest absolute Gasteiger partial charge is 0.319 e. The van der Waals surface area contributed by atoms with Crippen LogP contribution in [0.1, 0.15) is 37.8 Å². The summed E-state index contributed by atoms with van der Waals surface area (Å²) in [4.78, 5) is 14.6. The van der Waals surface area contributed by atoms with E-state index in [0.717, 1.165) is 43.7 Å². The van der Waals surface area contributed by atoms with Gasteiger partial charge in [-0.1, -0.05) is 56.3 Å². The summed E-state index contributed by atoms with van der Waals surface area (Å²) in [6, 6.07) is 18.5. The van der Waals surface area contributed by atoms with Gasteiger partial charge in [-0.3, -0.25) is 4.90 Å².